The molecule has 0 amide bonds. The number of nitrogens with one attached hydrogen (secondary N) is 1. The molecule has 2 nitrogen and oxygen atoms in total. The summed E-state index contributed by atoms with van der Waals surface area (Å²) in [5, 5.41) is 1.39. The first kappa shape index (κ1) is 18.7. The first-order valence-corrected chi connectivity index (χ1v) is 10.0. The topological polar surface area (TPSA) is 41.8 Å². The van der Waals surface area contributed by atoms with Crippen molar-refractivity contribution in [2.75, 3.05) is 6.54 Å². The molecule has 3 rings (SSSR count). The van der Waals surface area contributed by atoms with Crippen LogP contribution in [0.15, 0.2) is 36.4 Å². The van der Waals surface area contributed by atoms with Crippen LogP contribution in [0.25, 0.3) is 22.2 Å². The molecule has 1 aromatic heterocycles. The number of unbranched alkanes of at least 4 members (excludes halogenated alkanes) is 2. The van der Waals surface area contributed by atoms with Crippen LogP contribution in [0.2, 0.25) is 0 Å². The van der Waals surface area contributed by atoms with Crippen LogP contribution in [0.4, 0.5) is 0 Å². The van der Waals surface area contributed by atoms with Gasteiger partial charge in [0, 0.05) is 16.6 Å². The highest BCUT2D eigenvalue weighted by Gasteiger charge is 2.14. The van der Waals surface area contributed by atoms with Gasteiger partial charge in [-0.3, -0.25) is 0 Å². The Labute approximate surface area is 157 Å². The van der Waals surface area contributed by atoms with E-state index in [1.807, 2.05) is 0 Å². The average Bonchev–Trinajstić information content (AvgIpc) is 2.97. The lowest BCUT2D eigenvalue weighted by Gasteiger charge is -2.08. The van der Waals surface area contributed by atoms with Gasteiger partial charge in [0.15, 0.2) is 0 Å². The molecule has 0 aliphatic carbocycles. The summed E-state index contributed by atoms with van der Waals surface area (Å²) < 4.78 is 0. The van der Waals surface area contributed by atoms with E-state index in [2.05, 4.69) is 62.2 Å². The first-order chi connectivity index (χ1) is 12.6. The Morgan fingerprint density at radius 2 is 1.65 bits per heavy atom. The second-order valence-corrected chi connectivity index (χ2v) is 7.58. The highest BCUT2D eigenvalue weighted by atomic mass is 14.7. The van der Waals surface area contributed by atoms with Crippen LogP contribution in [0.1, 0.15) is 54.9 Å². The van der Waals surface area contributed by atoms with Crippen molar-refractivity contribution in [3.63, 3.8) is 0 Å². The van der Waals surface area contributed by atoms with Crippen molar-refractivity contribution in [3.8, 4) is 11.3 Å². The highest BCUT2D eigenvalue weighted by Crippen LogP contribution is 2.33. The van der Waals surface area contributed by atoms with E-state index in [0.29, 0.717) is 0 Å². The minimum absolute atomic E-state index is 0.767. The number of hydrogen-bond donors (Lipinski definition) is 2. The summed E-state index contributed by atoms with van der Waals surface area (Å²) in [6.45, 7) is 7.38. The molecule has 2 heteroatoms. The molecule has 1 heterocycles. The van der Waals surface area contributed by atoms with Gasteiger partial charge in [0.25, 0.3) is 0 Å². The molecule has 26 heavy (non-hydrogen) atoms. The molecule has 3 N–H and O–H groups in total. The number of aromatic nitrogens is 1. The fourth-order valence-corrected chi connectivity index (χ4v) is 3.90. The average molecular weight is 349 g/mol. The number of nitrogens with two attached hydrogens (primary N) is 1. The Hall–Kier alpha value is -2.06. The molecular formula is C24H32N2. The highest BCUT2D eigenvalue weighted by molar-refractivity contribution is 5.91. The summed E-state index contributed by atoms with van der Waals surface area (Å²) in [5.41, 5.74) is 15.1. The van der Waals surface area contributed by atoms with Crippen molar-refractivity contribution in [1.29, 1.82) is 0 Å². The number of benzene rings is 2. The molecule has 0 unspecified atom stereocenters. The number of hydrogen-bond acceptors (Lipinski definition) is 1. The van der Waals surface area contributed by atoms with Gasteiger partial charge in [0.2, 0.25) is 0 Å². The van der Waals surface area contributed by atoms with Crippen LogP contribution in [0.5, 0.6) is 0 Å². The molecule has 0 atom stereocenters. The van der Waals surface area contributed by atoms with Crippen molar-refractivity contribution >= 4 is 10.9 Å². The summed E-state index contributed by atoms with van der Waals surface area (Å²) in [6, 6.07) is 13.8. The largest absolute Gasteiger partial charge is 0.354 e. The predicted molar refractivity (Wildman–Crippen MR) is 114 cm³/mol. The van der Waals surface area contributed by atoms with Gasteiger partial charge >= 0.3 is 0 Å². The lowest BCUT2D eigenvalue weighted by Crippen LogP contribution is -1.99. The van der Waals surface area contributed by atoms with E-state index in [0.717, 1.165) is 25.8 Å². The standard InChI is InChI=1S/C24H32N2/c1-4-5-8-19-10-11-23-22(16-19)21(9-6-7-12-25)24(26-23)20-14-17(2)13-18(3)15-20/h10-11,13-16,26H,4-9,12,25H2,1-3H3. The van der Waals surface area contributed by atoms with E-state index in [-0.39, 0.29) is 0 Å². The summed E-state index contributed by atoms with van der Waals surface area (Å²) in [4.78, 5) is 3.71. The Bertz CT molecular complexity index is 853. The van der Waals surface area contributed by atoms with Crippen LogP contribution < -0.4 is 5.73 Å². The summed E-state index contributed by atoms with van der Waals surface area (Å²) in [7, 11) is 0. The quantitative estimate of drug-likeness (QED) is 0.476. The first-order valence-electron chi connectivity index (χ1n) is 10.0. The van der Waals surface area contributed by atoms with Gasteiger partial charge in [-0.15, -0.1) is 0 Å². The second kappa shape index (κ2) is 8.55. The van der Waals surface area contributed by atoms with E-state index in [9.17, 15) is 0 Å². The van der Waals surface area contributed by atoms with Crippen LogP contribution >= 0.6 is 0 Å². The predicted octanol–water partition coefficient (Wildman–Crippen LogP) is 6.08. The summed E-state index contributed by atoms with van der Waals surface area (Å²) in [5.74, 6) is 0. The molecule has 0 aliphatic heterocycles. The number of aromatic amines is 1. The zero-order valence-electron chi connectivity index (χ0n) is 16.5. The van der Waals surface area contributed by atoms with Crippen LogP contribution in [0, 0.1) is 13.8 Å². The smallest absolute Gasteiger partial charge is 0.0497 e. The second-order valence-electron chi connectivity index (χ2n) is 7.58. The van der Waals surface area contributed by atoms with E-state index >= 15 is 0 Å². The minimum atomic E-state index is 0.767. The molecule has 0 aliphatic rings. The fourth-order valence-electron chi connectivity index (χ4n) is 3.90. The fraction of sp³-hybridized carbons (Fsp3) is 0.417. The lowest BCUT2D eigenvalue weighted by atomic mass is 9.97. The maximum Gasteiger partial charge on any atom is 0.0497 e. The van der Waals surface area contributed by atoms with E-state index < -0.39 is 0 Å². The zero-order chi connectivity index (χ0) is 18.5. The van der Waals surface area contributed by atoms with Crippen LogP contribution in [0.3, 0.4) is 0 Å². The molecule has 0 bridgehead atoms. The maximum absolute atomic E-state index is 5.74. The molecule has 3 aromatic rings. The van der Waals surface area contributed by atoms with Gasteiger partial charge < -0.3 is 10.7 Å². The van der Waals surface area contributed by atoms with Gasteiger partial charge in [-0.2, -0.15) is 0 Å². The Balaban J connectivity index is 2.09. The zero-order valence-corrected chi connectivity index (χ0v) is 16.5. The molecule has 0 fully saturated rings. The Morgan fingerprint density at radius 1 is 0.885 bits per heavy atom. The van der Waals surface area contributed by atoms with Gasteiger partial charge in [0.05, 0.1) is 0 Å². The molecule has 138 valence electrons. The molecule has 0 saturated heterocycles. The number of aryl methyl sites for hydroxylation is 4. The molecule has 2 aromatic carbocycles. The lowest BCUT2D eigenvalue weighted by molar-refractivity contribution is 0.748. The van der Waals surface area contributed by atoms with Crippen molar-refractivity contribution in [1.82, 2.24) is 4.98 Å². The third-order valence-electron chi connectivity index (χ3n) is 5.18. The summed E-state index contributed by atoms with van der Waals surface area (Å²) >= 11 is 0. The normalized spacial score (nSPS) is 11.4. The molecule has 0 radical (unpaired) electrons. The minimum Gasteiger partial charge on any atom is -0.354 e. The number of rotatable bonds is 8. The van der Waals surface area contributed by atoms with Crippen molar-refractivity contribution < 1.29 is 0 Å². The van der Waals surface area contributed by atoms with Crippen molar-refractivity contribution in [3.05, 3.63) is 58.7 Å². The van der Waals surface area contributed by atoms with Crippen molar-refractivity contribution in [2.24, 2.45) is 5.73 Å². The molecule has 0 spiro atoms. The van der Waals surface area contributed by atoms with Crippen LogP contribution in [-0.4, -0.2) is 11.5 Å². The van der Waals surface area contributed by atoms with E-state index in [1.165, 1.54) is 63.7 Å². The van der Waals surface area contributed by atoms with Crippen LogP contribution in [-0.2, 0) is 12.8 Å². The number of fused-ring (bicyclic) bond motifs is 1. The summed E-state index contributed by atoms with van der Waals surface area (Å²) in [6.07, 6.45) is 6.95. The van der Waals surface area contributed by atoms with Gasteiger partial charge in [-0.05, 0) is 93.5 Å². The Morgan fingerprint density at radius 3 is 2.35 bits per heavy atom. The van der Waals surface area contributed by atoms with Gasteiger partial charge in [-0.25, -0.2) is 0 Å². The third-order valence-corrected chi connectivity index (χ3v) is 5.18. The molecular weight excluding hydrogens is 316 g/mol. The number of H-pyrrole nitrogens is 1. The monoisotopic (exact) mass is 348 g/mol. The molecule has 0 saturated carbocycles. The Kier molecular flexibility index (Phi) is 6.16. The third kappa shape index (κ3) is 4.19. The van der Waals surface area contributed by atoms with Gasteiger partial charge in [0.1, 0.15) is 0 Å². The van der Waals surface area contributed by atoms with E-state index in [4.69, 9.17) is 5.73 Å². The SMILES string of the molecule is CCCCc1ccc2[nH]c(-c3cc(C)cc(C)c3)c(CCCCN)c2c1. The maximum atomic E-state index is 5.74. The van der Waals surface area contributed by atoms with Crippen molar-refractivity contribution in [2.45, 2.75) is 59.3 Å². The van der Waals surface area contributed by atoms with Gasteiger partial charge in [-0.1, -0.05) is 36.6 Å². The van der Waals surface area contributed by atoms with E-state index in [1.54, 1.807) is 0 Å².